The Morgan fingerprint density at radius 2 is 1.73 bits per heavy atom. The Kier molecular flexibility index (Phi) is 8.88. The van der Waals surface area contributed by atoms with Crippen molar-refractivity contribution in [1.29, 1.82) is 0 Å². The second kappa shape index (κ2) is 12.5. The van der Waals surface area contributed by atoms with E-state index >= 15 is 0 Å². The molecule has 1 aliphatic rings. The number of anilines is 2. The van der Waals surface area contributed by atoms with Crippen LogP contribution in [0.2, 0.25) is 5.02 Å². The molecule has 18 heteroatoms. The minimum atomic E-state index is -1.19. The van der Waals surface area contributed by atoms with Crippen molar-refractivity contribution in [3.63, 3.8) is 0 Å². The number of halogens is 1. The highest BCUT2D eigenvalue weighted by molar-refractivity contribution is 6.30. The first-order chi connectivity index (χ1) is 19.5. The van der Waals surface area contributed by atoms with Crippen molar-refractivity contribution in [3.8, 4) is 0 Å². The molecule has 0 radical (unpaired) electrons. The molecule has 17 nitrogen and oxygen atoms in total. The van der Waals surface area contributed by atoms with E-state index in [0.29, 0.717) is 10.7 Å². The molecule has 4 rings (SSSR count). The Labute approximate surface area is 236 Å². The molecule has 216 valence electrons. The van der Waals surface area contributed by atoms with Crippen LogP contribution in [0, 0.1) is 0 Å². The quantitative estimate of drug-likeness (QED) is 0.149. The van der Waals surface area contributed by atoms with E-state index in [1.807, 2.05) is 0 Å². The fourth-order valence-electron chi connectivity index (χ4n) is 3.88. The fraction of sp³-hybridized carbons (Fsp3) is 0.348. The lowest BCUT2D eigenvalue weighted by atomic mass is 10.1. The van der Waals surface area contributed by atoms with E-state index in [9.17, 15) is 19.2 Å². The van der Waals surface area contributed by atoms with Crippen molar-refractivity contribution >= 4 is 64.2 Å². The number of nitrogen functional groups attached to an aromatic ring is 1. The zero-order chi connectivity index (χ0) is 29.7. The molecule has 2 aromatic heterocycles. The minimum absolute atomic E-state index is 0.0802. The summed E-state index contributed by atoms with van der Waals surface area (Å²) in [6.07, 6.45) is -3.17. The van der Waals surface area contributed by atoms with Crippen LogP contribution in [0.25, 0.3) is 11.2 Å². The first-order valence-electron chi connectivity index (χ1n) is 11.9. The largest absolute Gasteiger partial charge is 0.463 e. The lowest BCUT2D eigenvalue weighted by Gasteiger charge is -2.23. The molecule has 1 saturated heterocycles. The summed E-state index contributed by atoms with van der Waals surface area (Å²) >= 11 is 5.83. The number of fused-ring (bicyclic) bond motifs is 1. The summed E-state index contributed by atoms with van der Waals surface area (Å²) in [5, 5.41) is 10.4. The van der Waals surface area contributed by atoms with Gasteiger partial charge in [-0.1, -0.05) is 21.9 Å². The first-order valence-corrected chi connectivity index (χ1v) is 12.3. The number of hydrogen-bond acceptors (Lipinski definition) is 14. The molecule has 4 N–H and O–H groups in total. The molecule has 2 amide bonds. The molecule has 0 unspecified atom stereocenters. The topological polar surface area (TPSA) is 224 Å². The fourth-order valence-corrected chi connectivity index (χ4v) is 4.01. The number of esters is 3. The van der Waals surface area contributed by atoms with Gasteiger partial charge in [0.25, 0.3) is 5.95 Å². The molecule has 41 heavy (non-hydrogen) atoms. The molecular weight excluding hydrogens is 566 g/mol. The van der Waals surface area contributed by atoms with E-state index < -0.39 is 48.5 Å². The molecule has 1 aliphatic heterocycles. The minimum Gasteiger partial charge on any atom is -0.463 e. The van der Waals surface area contributed by atoms with Crippen LogP contribution in [-0.2, 0) is 33.3 Å². The molecule has 3 aromatic rings. The van der Waals surface area contributed by atoms with Crippen molar-refractivity contribution in [3.05, 3.63) is 35.6 Å². The molecule has 3 heterocycles. The number of urea groups is 1. The summed E-state index contributed by atoms with van der Waals surface area (Å²) in [6.45, 7) is 3.24. The van der Waals surface area contributed by atoms with Gasteiger partial charge in [-0.3, -0.25) is 19.0 Å². The maximum atomic E-state index is 12.1. The van der Waals surface area contributed by atoms with Crippen LogP contribution in [0.15, 0.2) is 40.9 Å². The van der Waals surface area contributed by atoms with Crippen molar-refractivity contribution in [2.24, 2.45) is 10.3 Å². The van der Waals surface area contributed by atoms with Crippen LogP contribution in [0.1, 0.15) is 27.0 Å². The van der Waals surface area contributed by atoms with Gasteiger partial charge in [-0.25, -0.2) is 15.2 Å². The van der Waals surface area contributed by atoms with Crippen molar-refractivity contribution in [1.82, 2.24) is 24.9 Å². The van der Waals surface area contributed by atoms with Crippen LogP contribution in [0.5, 0.6) is 0 Å². The van der Waals surface area contributed by atoms with E-state index in [1.54, 1.807) is 24.3 Å². The molecule has 0 aliphatic carbocycles. The van der Waals surface area contributed by atoms with E-state index in [0.717, 1.165) is 0 Å². The first kappa shape index (κ1) is 29.1. The van der Waals surface area contributed by atoms with Crippen molar-refractivity contribution < 1.29 is 38.1 Å². The molecule has 0 saturated carbocycles. The highest BCUT2D eigenvalue weighted by Crippen LogP contribution is 2.36. The van der Waals surface area contributed by atoms with E-state index in [4.69, 9.17) is 36.3 Å². The van der Waals surface area contributed by atoms with E-state index in [2.05, 4.69) is 36.0 Å². The SMILES string of the molecule is CC(=O)OC[C@H]1O[C@@H](n2cnc3c(N)nc(/N=N/NC(=O)Nc4ccc(Cl)cc4)nc32)[C@H](OC(C)=O)[C@@H]1OC(C)=O. The average Bonchev–Trinajstić information content (AvgIpc) is 3.45. The summed E-state index contributed by atoms with van der Waals surface area (Å²) in [4.78, 5) is 59.8. The Morgan fingerprint density at radius 3 is 2.39 bits per heavy atom. The summed E-state index contributed by atoms with van der Waals surface area (Å²) in [6, 6.07) is 5.68. The predicted octanol–water partition coefficient (Wildman–Crippen LogP) is 2.21. The number of carbonyl (C=O) groups excluding carboxylic acids is 4. The molecule has 0 spiro atoms. The average molecular weight is 590 g/mol. The number of ether oxygens (including phenoxy) is 4. The van der Waals surface area contributed by atoms with Gasteiger partial charge in [0.05, 0.1) is 6.33 Å². The standard InChI is InChI=1S/C23H24ClN9O8/c1-10(34)38-8-15-17(39-11(2)35)18(40-12(3)36)21(41-15)33-9-26-16-19(25)28-22(29-20(16)33)30-32-31-23(37)27-14-6-4-13(24)5-7-14/h4-7,9,15,17-18,21H,8H2,1-3H3,(H4,25,27,28,29,30,31,37)/t15-,17-,18-,21-/m1/s1. The molecule has 1 aromatic carbocycles. The summed E-state index contributed by atoms with van der Waals surface area (Å²) < 4.78 is 23.2. The van der Waals surface area contributed by atoms with E-state index in [1.165, 1.54) is 31.7 Å². The zero-order valence-corrected chi connectivity index (χ0v) is 22.6. The molecule has 4 atom stereocenters. The van der Waals surface area contributed by atoms with Gasteiger partial charge in [0, 0.05) is 31.5 Å². The number of hydrogen-bond donors (Lipinski definition) is 3. The van der Waals surface area contributed by atoms with Gasteiger partial charge in [0.15, 0.2) is 29.9 Å². The number of aromatic nitrogens is 4. The summed E-state index contributed by atoms with van der Waals surface area (Å²) in [5.41, 5.74) is 8.91. The Hall–Kier alpha value is -4.90. The third kappa shape index (κ3) is 7.20. The predicted molar refractivity (Wildman–Crippen MR) is 140 cm³/mol. The normalized spacial score (nSPS) is 20.1. The van der Waals surface area contributed by atoms with Gasteiger partial charge in [-0.05, 0) is 24.3 Å². The van der Waals surface area contributed by atoms with Crippen LogP contribution in [0.3, 0.4) is 0 Å². The maximum Gasteiger partial charge on any atom is 0.341 e. The van der Waals surface area contributed by atoms with Gasteiger partial charge in [-0.15, -0.1) is 0 Å². The van der Waals surface area contributed by atoms with Crippen LogP contribution < -0.4 is 16.5 Å². The molecule has 1 fully saturated rings. The van der Waals surface area contributed by atoms with Gasteiger partial charge in [-0.2, -0.15) is 9.97 Å². The van der Waals surface area contributed by atoms with Crippen LogP contribution >= 0.6 is 11.6 Å². The van der Waals surface area contributed by atoms with Crippen molar-refractivity contribution in [2.75, 3.05) is 17.7 Å². The smallest absolute Gasteiger partial charge is 0.341 e. The van der Waals surface area contributed by atoms with Gasteiger partial charge in [0.1, 0.15) is 18.2 Å². The lowest BCUT2D eigenvalue weighted by molar-refractivity contribution is -0.166. The van der Waals surface area contributed by atoms with Gasteiger partial charge in [0.2, 0.25) is 0 Å². The summed E-state index contributed by atoms with van der Waals surface area (Å²) in [7, 11) is 0. The monoisotopic (exact) mass is 589 g/mol. The number of nitrogens with one attached hydrogen (secondary N) is 2. The van der Waals surface area contributed by atoms with Crippen molar-refractivity contribution in [2.45, 2.75) is 45.3 Å². The number of nitrogens with two attached hydrogens (primary N) is 1. The zero-order valence-electron chi connectivity index (χ0n) is 21.8. The van der Waals surface area contributed by atoms with Gasteiger partial charge < -0.3 is 30.0 Å². The second-order valence-electron chi connectivity index (χ2n) is 8.52. The third-order valence-electron chi connectivity index (χ3n) is 5.44. The van der Waals surface area contributed by atoms with Crippen LogP contribution in [0.4, 0.5) is 22.2 Å². The second-order valence-corrected chi connectivity index (χ2v) is 8.96. The Bertz CT molecular complexity index is 1500. The van der Waals surface area contributed by atoms with E-state index in [-0.39, 0.29) is 29.5 Å². The molecular formula is C23H24ClN9O8. The number of nitrogens with zero attached hydrogens (tertiary/aromatic N) is 6. The number of benzene rings is 1. The number of imidazole rings is 1. The lowest BCUT2D eigenvalue weighted by Crippen LogP contribution is -2.40. The summed E-state index contributed by atoms with van der Waals surface area (Å²) in [5.74, 6) is -2.30. The van der Waals surface area contributed by atoms with Crippen LogP contribution in [-0.4, -0.2) is 68.4 Å². The Morgan fingerprint density at radius 1 is 1.05 bits per heavy atom. The highest BCUT2D eigenvalue weighted by atomic mass is 35.5. The molecule has 0 bridgehead atoms. The Balaban J connectivity index is 1.60. The third-order valence-corrected chi connectivity index (χ3v) is 5.70. The highest BCUT2D eigenvalue weighted by Gasteiger charge is 2.51. The number of carbonyl (C=O) groups is 4. The number of rotatable bonds is 8. The van der Waals surface area contributed by atoms with Gasteiger partial charge >= 0.3 is 23.9 Å². The number of amides is 2. The maximum absolute atomic E-state index is 12.1.